The molecule has 0 radical (unpaired) electrons. The first-order valence-electron chi connectivity index (χ1n) is 6.74. The van der Waals surface area contributed by atoms with Gasteiger partial charge in [0, 0.05) is 12.6 Å². The van der Waals surface area contributed by atoms with Crippen molar-refractivity contribution in [2.24, 2.45) is 0 Å². The van der Waals surface area contributed by atoms with Gasteiger partial charge in [-0.3, -0.25) is 14.5 Å². The van der Waals surface area contributed by atoms with Crippen molar-refractivity contribution in [2.75, 3.05) is 26.7 Å². The quantitative estimate of drug-likeness (QED) is 0.775. The second-order valence-corrected chi connectivity index (χ2v) is 5.04. The summed E-state index contributed by atoms with van der Waals surface area (Å²) in [7, 11) is 1.67. The summed E-state index contributed by atoms with van der Waals surface area (Å²) in [6.45, 7) is 2.80. The number of carbonyl (C=O) groups is 2. The number of hydrogen-bond acceptors (Lipinski definition) is 3. The van der Waals surface area contributed by atoms with Gasteiger partial charge in [-0.15, -0.1) is 0 Å². The molecule has 0 heterocycles. The third kappa shape index (κ3) is 4.64. The zero-order valence-electron chi connectivity index (χ0n) is 11.4. The molecule has 0 aromatic heterocycles. The fourth-order valence-electron chi connectivity index (χ4n) is 2.64. The highest BCUT2D eigenvalue weighted by Crippen LogP contribution is 2.22. The first kappa shape index (κ1) is 15.0. The molecule has 0 spiro atoms. The summed E-state index contributed by atoms with van der Waals surface area (Å²) in [5.74, 6) is -0.848. The van der Waals surface area contributed by atoms with E-state index in [1.54, 1.807) is 11.9 Å². The molecule has 5 heteroatoms. The molecule has 1 fully saturated rings. The Kier molecular flexibility index (Phi) is 6.12. The number of likely N-dealkylation sites (N-methyl/N-ethyl adjacent to an activating group) is 2. The molecule has 0 saturated heterocycles. The third-order valence-corrected chi connectivity index (χ3v) is 3.49. The zero-order chi connectivity index (χ0) is 13.5. The van der Waals surface area contributed by atoms with Gasteiger partial charge in [0.1, 0.15) is 0 Å². The minimum Gasteiger partial charge on any atom is -0.480 e. The van der Waals surface area contributed by atoms with E-state index in [1.807, 2.05) is 11.8 Å². The molecule has 104 valence electrons. The predicted molar refractivity (Wildman–Crippen MR) is 69.4 cm³/mol. The van der Waals surface area contributed by atoms with Crippen molar-refractivity contribution in [1.82, 2.24) is 9.80 Å². The fourth-order valence-corrected chi connectivity index (χ4v) is 2.64. The first-order valence-corrected chi connectivity index (χ1v) is 6.74. The van der Waals surface area contributed by atoms with Crippen LogP contribution >= 0.6 is 0 Å². The van der Waals surface area contributed by atoms with E-state index in [0.29, 0.717) is 12.6 Å². The van der Waals surface area contributed by atoms with E-state index in [9.17, 15) is 9.59 Å². The lowest BCUT2D eigenvalue weighted by Crippen LogP contribution is -2.46. The Hall–Kier alpha value is -1.10. The summed E-state index contributed by atoms with van der Waals surface area (Å²) in [6, 6.07) is 0.356. The van der Waals surface area contributed by atoms with Crippen molar-refractivity contribution < 1.29 is 14.7 Å². The van der Waals surface area contributed by atoms with Crippen LogP contribution < -0.4 is 0 Å². The van der Waals surface area contributed by atoms with Crippen molar-refractivity contribution >= 4 is 11.9 Å². The number of carboxylic acids is 1. The predicted octanol–water partition coefficient (Wildman–Crippen LogP) is 1.18. The van der Waals surface area contributed by atoms with Gasteiger partial charge >= 0.3 is 5.97 Å². The Morgan fingerprint density at radius 3 is 2.28 bits per heavy atom. The maximum absolute atomic E-state index is 12.2. The number of hydrogen-bond donors (Lipinski definition) is 1. The topological polar surface area (TPSA) is 60.9 Å². The average Bonchev–Trinajstić information content (AvgIpc) is 2.29. The summed E-state index contributed by atoms with van der Waals surface area (Å²) >= 11 is 0. The molecule has 1 saturated carbocycles. The van der Waals surface area contributed by atoms with Gasteiger partial charge in [-0.1, -0.05) is 19.3 Å². The van der Waals surface area contributed by atoms with E-state index < -0.39 is 5.97 Å². The van der Waals surface area contributed by atoms with Crippen molar-refractivity contribution in [3.05, 3.63) is 0 Å². The molecule has 1 rings (SSSR count). The standard InChI is InChI=1S/C13H24N2O3/c1-3-15(11-7-5-4-6-8-11)12(16)9-14(2)10-13(17)18/h11H,3-10H2,1-2H3,(H,17,18). The Bertz CT molecular complexity index is 288. The molecule has 5 nitrogen and oxygen atoms in total. The third-order valence-electron chi connectivity index (χ3n) is 3.49. The molecular formula is C13H24N2O3. The summed E-state index contributed by atoms with van der Waals surface area (Å²) in [6.07, 6.45) is 5.82. The van der Waals surface area contributed by atoms with Crippen LogP contribution in [0.3, 0.4) is 0 Å². The minimum atomic E-state index is -0.897. The Balaban J connectivity index is 2.48. The largest absolute Gasteiger partial charge is 0.480 e. The molecule has 18 heavy (non-hydrogen) atoms. The van der Waals surface area contributed by atoms with Crippen molar-refractivity contribution in [3.8, 4) is 0 Å². The van der Waals surface area contributed by atoms with E-state index in [-0.39, 0.29) is 19.0 Å². The van der Waals surface area contributed by atoms with E-state index in [1.165, 1.54) is 19.3 Å². The van der Waals surface area contributed by atoms with Crippen LogP contribution in [0.5, 0.6) is 0 Å². The van der Waals surface area contributed by atoms with E-state index in [0.717, 1.165) is 12.8 Å². The summed E-state index contributed by atoms with van der Waals surface area (Å²) in [5, 5.41) is 8.67. The number of nitrogens with zero attached hydrogens (tertiary/aromatic N) is 2. The lowest BCUT2D eigenvalue weighted by atomic mass is 9.94. The van der Waals surface area contributed by atoms with Crippen LogP contribution in [-0.4, -0.2) is 59.5 Å². The molecule has 0 unspecified atom stereocenters. The lowest BCUT2D eigenvalue weighted by Gasteiger charge is -2.34. The van der Waals surface area contributed by atoms with Crippen LogP contribution in [0.25, 0.3) is 0 Å². The summed E-state index contributed by atoms with van der Waals surface area (Å²) in [4.78, 5) is 26.2. The highest BCUT2D eigenvalue weighted by Gasteiger charge is 2.24. The monoisotopic (exact) mass is 256 g/mol. The SMILES string of the molecule is CCN(C(=O)CN(C)CC(=O)O)C1CCCCC1. The molecule has 0 aliphatic heterocycles. The highest BCUT2D eigenvalue weighted by molar-refractivity contribution is 5.79. The van der Waals surface area contributed by atoms with Crippen LogP contribution in [0.2, 0.25) is 0 Å². The molecule has 1 amide bonds. The number of rotatable bonds is 6. The second-order valence-electron chi connectivity index (χ2n) is 5.04. The molecule has 0 bridgehead atoms. The van der Waals surface area contributed by atoms with Gasteiger partial charge in [0.25, 0.3) is 0 Å². The zero-order valence-corrected chi connectivity index (χ0v) is 11.4. The van der Waals surface area contributed by atoms with Gasteiger partial charge < -0.3 is 10.0 Å². The van der Waals surface area contributed by atoms with Gasteiger partial charge in [-0.2, -0.15) is 0 Å². The van der Waals surface area contributed by atoms with E-state index >= 15 is 0 Å². The Morgan fingerprint density at radius 2 is 1.78 bits per heavy atom. The molecular weight excluding hydrogens is 232 g/mol. The normalized spacial score (nSPS) is 16.8. The number of carbonyl (C=O) groups excluding carboxylic acids is 1. The van der Waals surface area contributed by atoms with Crippen LogP contribution in [0.4, 0.5) is 0 Å². The van der Waals surface area contributed by atoms with Crippen molar-refractivity contribution in [2.45, 2.75) is 45.1 Å². The number of carboxylic acid groups (broad SMARTS) is 1. The maximum Gasteiger partial charge on any atom is 0.317 e. The van der Waals surface area contributed by atoms with Crippen LogP contribution in [0, 0.1) is 0 Å². The molecule has 1 N–H and O–H groups in total. The van der Waals surface area contributed by atoms with Crippen LogP contribution in [-0.2, 0) is 9.59 Å². The van der Waals surface area contributed by atoms with Crippen LogP contribution in [0.15, 0.2) is 0 Å². The smallest absolute Gasteiger partial charge is 0.317 e. The number of amides is 1. The van der Waals surface area contributed by atoms with Gasteiger partial charge in [0.15, 0.2) is 0 Å². The Labute approximate surface area is 109 Å². The fraction of sp³-hybridized carbons (Fsp3) is 0.846. The molecule has 0 atom stereocenters. The van der Waals surface area contributed by atoms with Crippen LogP contribution in [0.1, 0.15) is 39.0 Å². The van der Waals surface area contributed by atoms with Crippen molar-refractivity contribution in [1.29, 1.82) is 0 Å². The van der Waals surface area contributed by atoms with Gasteiger partial charge in [0.2, 0.25) is 5.91 Å². The lowest BCUT2D eigenvalue weighted by molar-refractivity contribution is -0.139. The van der Waals surface area contributed by atoms with E-state index in [2.05, 4.69) is 0 Å². The first-order chi connectivity index (χ1) is 8.54. The highest BCUT2D eigenvalue weighted by atomic mass is 16.4. The molecule has 1 aliphatic carbocycles. The minimum absolute atomic E-state index is 0.0492. The maximum atomic E-state index is 12.2. The molecule has 1 aliphatic rings. The Morgan fingerprint density at radius 1 is 1.17 bits per heavy atom. The average molecular weight is 256 g/mol. The summed E-state index contributed by atoms with van der Waals surface area (Å²) < 4.78 is 0. The number of aliphatic carboxylic acids is 1. The molecule has 0 aromatic carbocycles. The van der Waals surface area contributed by atoms with Gasteiger partial charge in [-0.25, -0.2) is 0 Å². The van der Waals surface area contributed by atoms with Gasteiger partial charge in [-0.05, 0) is 26.8 Å². The van der Waals surface area contributed by atoms with Gasteiger partial charge in [0.05, 0.1) is 13.1 Å². The summed E-state index contributed by atoms with van der Waals surface area (Å²) in [5.41, 5.74) is 0. The van der Waals surface area contributed by atoms with Crippen molar-refractivity contribution in [3.63, 3.8) is 0 Å². The van der Waals surface area contributed by atoms with E-state index in [4.69, 9.17) is 5.11 Å². The second kappa shape index (κ2) is 7.36. The molecule has 0 aromatic rings.